The molecule has 29 heavy (non-hydrogen) atoms. The topological polar surface area (TPSA) is 62.6 Å². The van der Waals surface area contributed by atoms with Gasteiger partial charge in [0.15, 0.2) is 0 Å². The van der Waals surface area contributed by atoms with Gasteiger partial charge >= 0.3 is 6.09 Å². The Morgan fingerprint density at radius 2 is 1.97 bits per heavy atom. The smallest absolute Gasteiger partial charge is 0.412 e. The lowest BCUT2D eigenvalue weighted by molar-refractivity contribution is 0.0354. The molecule has 0 bridgehead atoms. The van der Waals surface area contributed by atoms with E-state index in [0.717, 1.165) is 54.2 Å². The maximum absolute atomic E-state index is 13.1. The summed E-state index contributed by atoms with van der Waals surface area (Å²) in [5, 5.41) is 3.55. The van der Waals surface area contributed by atoms with E-state index in [-0.39, 0.29) is 6.09 Å². The van der Waals surface area contributed by atoms with Crippen molar-refractivity contribution < 1.29 is 9.53 Å². The molecule has 0 saturated carbocycles. The highest BCUT2D eigenvalue weighted by molar-refractivity contribution is 5.80. The molecule has 2 aromatic rings. The van der Waals surface area contributed by atoms with Gasteiger partial charge in [0.2, 0.25) is 12.2 Å². The van der Waals surface area contributed by atoms with E-state index in [1.54, 1.807) is 0 Å². The fraction of sp³-hybridized carbons (Fsp3) is 0.545. The predicted molar refractivity (Wildman–Crippen MR) is 115 cm³/mol. The fourth-order valence-corrected chi connectivity index (χ4v) is 4.15. The zero-order valence-electron chi connectivity index (χ0n) is 17.8. The summed E-state index contributed by atoms with van der Waals surface area (Å²) < 4.78 is 8.22. The lowest BCUT2D eigenvalue weighted by atomic mass is 9.96. The van der Waals surface area contributed by atoms with Crippen molar-refractivity contribution in [2.24, 2.45) is 5.92 Å². The Hall–Kier alpha value is -2.54. The second-order valence-corrected chi connectivity index (χ2v) is 8.05. The number of benzene rings is 1. The van der Waals surface area contributed by atoms with Gasteiger partial charge in [-0.25, -0.2) is 9.78 Å². The Bertz CT molecular complexity index is 926. The molecule has 1 aromatic heterocycles. The van der Waals surface area contributed by atoms with Crippen LogP contribution in [0, 0.1) is 5.92 Å². The number of carbonyl (C=O) groups excluding carboxylic acids is 1. The summed E-state index contributed by atoms with van der Waals surface area (Å²) in [4.78, 5) is 21.9. The van der Waals surface area contributed by atoms with Crippen LogP contribution in [0.1, 0.15) is 39.8 Å². The third kappa shape index (κ3) is 3.59. The number of fused-ring (bicyclic) bond motifs is 3. The fourth-order valence-electron chi connectivity index (χ4n) is 4.15. The summed E-state index contributed by atoms with van der Waals surface area (Å²) >= 11 is 0. The number of likely N-dealkylation sites (N-methyl/N-ethyl adjacent to an activating group) is 1. The number of nitrogens with one attached hydrogen (secondary N) is 1. The Morgan fingerprint density at radius 1 is 1.24 bits per heavy atom. The molecule has 1 saturated heterocycles. The number of carbonyl (C=O) groups is 1. The molecule has 4 rings (SSSR count). The van der Waals surface area contributed by atoms with E-state index in [2.05, 4.69) is 38.0 Å². The normalized spacial score (nSPS) is 21.1. The average Bonchev–Trinajstić information content (AvgIpc) is 3.11. The molecule has 0 aliphatic carbocycles. The van der Waals surface area contributed by atoms with Gasteiger partial charge in [0, 0.05) is 37.4 Å². The van der Waals surface area contributed by atoms with Crippen molar-refractivity contribution in [2.45, 2.75) is 39.8 Å². The molecule has 2 unspecified atom stereocenters. The minimum Gasteiger partial charge on any atom is -0.421 e. The number of piperazine rings is 1. The second kappa shape index (κ2) is 8.06. The highest BCUT2D eigenvalue weighted by Gasteiger charge is 2.34. The Kier molecular flexibility index (Phi) is 5.50. The summed E-state index contributed by atoms with van der Waals surface area (Å²) in [7, 11) is 2.08. The number of nitrogens with zero attached hydrogens (tertiary/aromatic N) is 4. The molecular formula is C22H31N5O2. The molecule has 7 heteroatoms. The molecule has 0 spiro atoms. The van der Waals surface area contributed by atoms with E-state index in [1.807, 2.05) is 33.7 Å². The Labute approximate surface area is 172 Å². The molecule has 3 heterocycles. The number of para-hydroxylation sites is 2. The zero-order chi connectivity index (χ0) is 20.5. The molecule has 156 valence electrons. The van der Waals surface area contributed by atoms with Crippen LogP contribution in [0.15, 0.2) is 35.5 Å². The maximum atomic E-state index is 13.1. The van der Waals surface area contributed by atoms with Gasteiger partial charge in [-0.15, -0.1) is 0 Å². The van der Waals surface area contributed by atoms with Crippen LogP contribution >= 0.6 is 0 Å². The largest absolute Gasteiger partial charge is 0.421 e. The number of hydrogen-bond donors (Lipinski definition) is 1. The van der Waals surface area contributed by atoms with E-state index >= 15 is 0 Å². The standard InChI is InChI=1S/C22H31N5O2/c1-5-15(3)19-16(6-2)20(29-22(28)26-13-11-25(4)12-14-26)27-18-10-8-7-9-17(18)23-21(27)24-19/h7-10,15,20H,5-6,11-14H2,1-4H3,(H,23,24). The number of hydrogen-bond acceptors (Lipinski definition) is 5. The summed E-state index contributed by atoms with van der Waals surface area (Å²) in [6.45, 7) is 9.64. The third-order valence-corrected chi connectivity index (χ3v) is 6.18. The van der Waals surface area contributed by atoms with Gasteiger partial charge in [0.1, 0.15) is 0 Å². The minimum absolute atomic E-state index is 0.247. The molecular weight excluding hydrogens is 366 g/mol. The van der Waals surface area contributed by atoms with Crippen LogP contribution in [0.4, 0.5) is 10.7 Å². The van der Waals surface area contributed by atoms with Gasteiger partial charge in [0.05, 0.1) is 11.0 Å². The van der Waals surface area contributed by atoms with Crippen molar-refractivity contribution in [3.05, 3.63) is 35.5 Å². The molecule has 0 radical (unpaired) electrons. The summed E-state index contributed by atoms with van der Waals surface area (Å²) in [5.74, 6) is 1.08. The molecule has 1 aromatic carbocycles. The number of allylic oxidation sites excluding steroid dienone is 1. The van der Waals surface area contributed by atoms with Crippen molar-refractivity contribution in [2.75, 3.05) is 38.5 Å². The first-order valence-corrected chi connectivity index (χ1v) is 10.6. The van der Waals surface area contributed by atoms with E-state index in [1.165, 1.54) is 0 Å². The van der Waals surface area contributed by atoms with Crippen LogP contribution in [0.2, 0.25) is 0 Å². The predicted octanol–water partition coefficient (Wildman–Crippen LogP) is 4.05. The summed E-state index contributed by atoms with van der Waals surface area (Å²) in [6.07, 6.45) is 1.09. The summed E-state index contributed by atoms with van der Waals surface area (Å²) in [6, 6.07) is 8.01. The van der Waals surface area contributed by atoms with Gasteiger partial charge in [0.25, 0.3) is 0 Å². The van der Waals surface area contributed by atoms with Crippen LogP contribution in [0.25, 0.3) is 11.0 Å². The maximum Gasteiger partial charge on any atom is 0.412 e. The average molecular weight is 398 g/mol. The van der Waals surface area contributed by atoms with Gasteiger partial charge in [-0.3, -0.25) is 4.57 Å². The van der Waals surface area contributed by atoms with Crippen molar-refractivity contribution >= 4 is 23.1 Å². The van der Waals surface area contributed by atoms with E-state index in [9.17, 15) is 4.79 Å². The van der Waals surface area contributed by atoms with Crippen LogP contribution in [0.3, 0.4) is 0 Å². The Balaban J connectivity index is 1.73. The van der Waals surface area contributed by atoms with Crippen molar-refractivity contribution in [3.63, 3.8) is 0 Å². The van der Waals surface area contributed by atoms with E-state index < -0.39 is 6.23 Å². The monoisotopic (exact) mass is 397 g/mol. The highest BCUT2D eigenvalue weighted by atomic mass is 16.6. The zero-order valence-corrected chi connectivity index (χ0v) is 17.8. The third-order valence-electron chi connectivity index (χ3n) is 6.18. The van der Waals surface area contributed by atoms with Crippen molar-refractivity contribution in [1.29, 1.82) is 0 Å². The number of aromatic nitrogens is 2. The molecule has 1 N–H and O–H groups in total. The first-order valence-electron chi connectivity index (χ1n) is 10.6. The van der Waals surface area contributed by atoms with Gasteiger partial charge in [-0.1, -0.05) is 32.9 Å². The van der Waals surface area contributed by atoms with Crippen molar-refractivity contribution in [1.82, 2.24) is 19.4 Å². The molecule has 1 amide bonds. The molecule has 2 atom stereocenters. The summed E-state index contributed by atoms with van der Waals surface area (Å²) in [5.41, 5.74) is 4.13. The van der Waals surface area contributed by atoms with Crippen LogP contribution in [-0.4, -0.2) is 58.7 Å². The molecule has 2 aliphatic heterocycles. The quantitative estimate of drug-likeness (QED) is 0.843. The number of imidazole rings is 1. The number of amides is 1. The van der Waals surface area contributed by atoms with Crippen LogP contribution in [0.5, 0.6) is 0 Å². The van der Waals surface area contributed by atoms with Gasteiger partial charge in [-0.05, 0) is 37.9 Å². The van der Waals surface area contributed by atoms with E-state index in [0.29, 0.717) is 19.0 Å². The SMILES string of the molecule is CCC1=C(C(C)CC)Nc2nc3ccccc3n2C1OC(=O)N1CCN(C)CC1. The lowest BCUT2D eigenvalue weighted by Crippen LogP contribution is -2.48. The molecule has 1 fully saturated rings. The first kappa shape index (κ1) is 19.8. The minimum atomic E-state index is -0.472. The number of anilines is 1. The van der Waals surface area contributed by atoms with E-state index in [4.69, 9.17) is 9.72 Å². The molecule has 2 aliphatic rings. The van der Waals surface area contributed by atoms with Crippen molar-refractivity contribution in [3.8, 4) is 0 Å². The highest BCUT2D eigenvalue weighted by Crippen LogP contribution is 2.40. The van der Waals surface area contributed by atoms with Crippen LogP contribution < -0.4 is 5.32 Å². The number of rotatable bonds is 4. The second-order valence-electron chi connectivity index (χ2n) is 8.05. The van der Waals surface area contributed by atoms with Gasteiger partial charge in [-0.2, -0.15) is 0 Å². The number of ether oxygens (including phenoxy) is 1. The molecule has 7 nitrogen and oxygen atoms in total. The van der Waals surface area contributed by atoms with Gasteiger partial charge < -0.3 is 19.9 Å². The first-order chi connectivity index (χ1) is 14.0. The Morgan fingerprint density at radius 3 is 2.66 bits per heavy atom. The van der Waals surface area contributed by atoms with Crippen LogP contribution in [-0.2, 0) is 4.74 Å². The lowest BCUT2D eigenvalue weighted by Gasteiger charge is -2.36.